The minimum atomic E-state index is -3.97. The van der Waals surface area contributed by atoms with Gasteiger partial charge in [0.25, 0.3) is 10.1 Å². The van der Waals surface area contributed by atoms with E-state index in [1.807, 2.05) is 19.1 Å². The summed E-state index contributed by atoms with van der Waals surface area (Å²) >= 11 is 6.68. The minimum absolute atomic E-state index is 0.216. The average molecular weight is 422 g/mol. The molecule has 0 saturated heterocycles. The molecule has 0 aromatic heterocycles. The average Bonchev–Trinajstić information content (AvgIpc) is 2.84. The quantitative estimate of drug-likeness (QED) is 0.631. The Kier molecular flexibility index (Phi) is 6.08. The molecule has 1 aliphatic carbocycles. The van der Waals surface area contributed by atoms with E-state index in [-0.39, 0.29) is 11.2 Å². The Labute approximate surface area is 173 Å². The van der Waals surface area contributed by atoms with E-state index in [0.29, 0.717) is 13.0 Å². The molecule has 1 N–H and O–H groups in total. The van der Waals surface area contributed by atoms with E-state index in [0.717, 1.165) is 41.3 Å². The van der Waals surface area contributed by atoms with Gasteiger partial charge in [-0.15, -0.1) is 0 Å². The summed E-state index contributed by atoms with van der Waals surface area (Å²) in [7, 11) is -3.97. The number of hydrogen-bond acceptors (Lipinski definition) is 3. The Bertz CT molecular complexity index is 958. The van der Waals surface area contributed by atoms with E-state index in [9.17, 15) is 8.42 Å². The zero-order valence-corrected chi connectivity index (χ0v) is 18.3. The van der Waals surface area contributed by atoms with E-state index in [2.05, 4.69) is 43.0 Å². The van der Waals surface area contributed by atoms with E-state index < -0.39 is 10.1 Å². The molecule has 6 heteroatoms. The Morgan fingerprint density at radius 3 is 2.64 bits per heavy atom. The molecule has 0 fully saturated rings. The molecule has 28 heavy (non-hydrogen) atoms. The fraction of sp³-hybridized carbons (Fsp3) is 0.455. The molecule has 0 atom stereocenters. The van der Waals surface area contributed by atoms with Crippen LogP contribution in [0.2, 0.25) is 0 Å². The summed E-state index contributed by atoms with van der Waals surface area (Å²) in [4.78, 5) is 2.18. The molecule has 0 spiro atoms. The van der Waals surface area contributed by atoms with Gasteiger partial charge in [0.15, 0.2) is 0 Å². The van der Waals surface area contributed by atoms with Gasteiger partial charge in [-0.25, -0.2) is 0 Å². The van der Waals surface area contributed by atoms with Crippen LogP contribution in [0.3, 0.4) is 0 Å². The van der Waals surface area contributed by atoms with Crippen LogP contribution in [-0.4, -0.2) is 25.3 Å². The van der Waals surface area contributed by atoms with Gasteiger partial charge in [-0.3, -0.25) is 4.55 Å². The maximum atomic E-state index is 11.2. The highest BCUT2D eigenvalue weighted by atomic mass is 35.5. The van der Waals surface area contributed by atoms with Crippen molar-refractivity contribution in [2.24, 2.45) is 0 Å². The molecule has 0 unspecified atom stereocenters. The SMILES string of the molecule is C/C=C1\CCCC(/C=C2\N(CCCS(=O)(=O)O)c3ccccc3C2(C)C)=C1Cl. The Balaban J connectivity index is 2.04. The van der Waals surface area contributed by atoms with Crippen molar-refractivity contribution in [3.8, 4) is 0 Å². The molecule has 1 aromatic carbocycles. The summed E-state index contributed by atoms with van der Waals surface area (Å²) in [5.74, 6) is -0.244. The Hall–Kier alpha value is -1.56. The van der Waals surface area contributed by atoms with E-state index >= 15 is 0 Å². The van der Waals surface area contributed by atoms with E-state index in [4.69, 9.17) is 16.2 Å². The van der Waals surface area contributed by atoms with Gasteiger partial charge in [0, 0.05) is 28.4 Å². The summed E-state index contributed by atoms with van der Waals surface area (Å²) in [5.41, 5.74) is 5.53. The second-order valence-corrected chi connectivity index (χ2v) is 9.92. The summed E-state index contributed by atoms with van der Waals surface area (Å²) in [6, 6.07) is 8.23. The lowest BCUT2D eigenvalue weighted by Gasteiger charge is -2.28. The van der Waals surface area contributed by atoms with Crippen molar-refractivity contribution in [1.82, 2.24) is 0 Å². The summed E-state index contributed by atoms with van der Waals surface area (Å²) in [6.45, 7) is 6.92. The third kappa shape index (κ3) is 4.22. The van der Waals surface area contributed by atoms with Gasteiger partial charge in [0.1, 0.15) is 0 Å². The van der Waals surface area contributed by atoms with Gasteiger partial charge < -0.3 is 4.90 Å². The molecule has 1 aromatic rings. The molecule has 1 heterocycles. The Morgan fingerprint density at radius 2 is 1.96 bits per heavy atom. The van der Waals surface area contributed by atoms with Crippen LogP contribution in [-0.2, 0) is 15.5 Å². The summed E-state index contributed by atoms with van der Waals surface area (Å²) in [5, 5.41) is 0.839. The monoisotopic (exact) mass is 421 g/mol. The van der Waals surface area contributed by atoms with Crippen molar-refractivity contribution in [1.29, 1.82) is 0 Å². The molecule has 0 saturated carbocycles. The molecule has 0 radical (unpaired) electrons. The van der Waals surface area contributed by atoms with Gasteiger partial charge >= 0.3 is 0 Å². The van der Waals surface area contributed by atoms with Crippen molar-refractivity contribution in [2.45, 2.75) is 51.9 Å². The normalized spacial score (nSPS) is 22.2. The van der Waals surface area contributed by atoms with Crippen LogP contribution in [0.25, 0.3) is 0 Å². The lowest BCUT2D eigenvalue weighted by molar-refractivity contribution is 0.481. The van der Waals surface area contributed by atoms with Crippen molar-refractivity contribution < 1.29 is 13.0 Å². The zero-order valence-electron chi connectivity index (χ0n) is 16.7. The fourth-order valence-corrected chi connectivity index (χ4v) is 5.06. The largest absolute Gasteiger partial charge is 0.344 e. The number of anilines is 1. The molecular weight excluding hydrogens is 394 g/mol. The predicted octanol–water partition coefficient (Wildman–Crippen LogP) is 5.57. The number of hydrogen-bond donors (Lipinski definition) is 1. The number of halogens is 1. The first-order valence-corrected chi connectivity index (χ1v) is 11.7. The second-order valence-electron chi connectivity index (χ2n) is 7.97. The number of fused-ring (bicyclic) bond motifs is 1. The molecule has 0 amide bonds. The molecule has 4 nitrogen and oxygen atoms in total. The fourth-order valence-electron chi connectivity index (χ4n) is 4.21. The summed E-state index contributed by atoms with van der Waals surface area (Å²) < 4.78 is 31.5. The smallest absolute Gasteiger partial charge is 0.264 e. The highest BCUT2D eigenvalue weighted by Crippen LogP contribution is 2.48. The maximum absolute atomic E-state index is 11.2. The van der Waals surface area contributed by atoms with Gasteiger partial charge in [-0.1, -0.05) is 49.7 Å². The highest BCUT2D eigenvalue weighted by Gasteiger charge is 2.40. The van der Waals surface area contributed by atoms with Crippen LogP contribution in [0.4, 0.5) is 5.69 Å². The van der Waals surface area contributed by atoms with Crippen LogP contribution in [0.5, 0.6) is 0 Å². The molecule has 1 aliphatic heterocycles. The summed E-state index contributed by atoms with van der Waals surface area (Å²) in [6.07, 6.45) is 7.64. The molecular formula is C22H28ClNO3S. The molecule has 2 aliphatic rings. The van der Waals surface area contributed by atoms with Crippen molar-refractivity contribution in [3.05, 3.63) is 63.9 Å². The number of benzene rings is 1. The Morgan fingerprint density at radius 1 is 1.25 bits per heavy atom. The predicted molar refractivity (Wildman–Crippen MR) is 116 cm³/mol. The van der Waals surface area contributed by atoms with Crippen molar-refractivity contribution in [3.63, 3.8) is 0 Å². The van der Waals surface area contributed by atoms with Gasteiger partial charge in [-0.2, -0.15) is 8.42 Å². The first kappa shape index (κ1) is 21.2. The third-order valence-electron chi connectivity index (χ3n) is 5.70. The zero-order chi connectivity index (χ0) is 20.5. The van der Waals surface area contributed by atoms with Crippen molar-refractivity contribution in [2.75, 3.05) is 17.2 Å². The second kappa shape index (κ2) is 8.05. The lowest BCUT2D eigenvalue weighted by atomic mass is 9.82. The van der Waals surface area contributed by atoms with Crippen LogP contribution in [0, 0.1) is 0 Å². The van der Waals surface area contributed by atoms with Crippen LogP contribution < -0.4 is 4.90 Å². The van der Waals surface area contributed by atoms with Gasteiger partial charge in [-0.05, 0) is 61.5 Å². The molecule has 0 bridgehead atoms. The standard InChI is InChI=1S/C22H28ClNO3S/c1-4-16-9-7-10-17(21(16)23)15-20-22(2,3)18-11-5-6-12-19(18)24(20)13-8-14-28(25,26)27/h4-6,11-12,15H,7-10,13-14H2,1-3H3,(H,25,26,27)/b16-4+,20-15-. The number of rotatable bonds is 5. The van der Waals surface area contributed by atoms with Gasteiger partial charge in [0.2, 0.25) is 0 Å². The number of para-hydroxylation sites is 1. The highest BCUT2D eigenvalue weighted by molar-refractivity contribution is 7.85. The maximum Gasteiger partial charge on any atom is 0.264 e. The molecule has 3 rings (SSSR count). The lowest BCUT2D eigenvalue weighted by Crippen LogP contribution is -2.28. The van der Waals surface area contributed by atoms with E-state index in [1.54, 1.807) is 0 Å². The number of nitrogens with zero attached hydrogens (tertiary/aromatic N) is 1. The number of allylic oxidation sites excluding steroid dienone is 6. The van der Waals surface area contributed by atoms with Crippen LogP contribution >= 0.6 is 11.6 Å². The van der Waals surface area contributed by atoms with Gasteiger partial charge in [0.05, 0.1) is 5.75 Å². The first-order valence-electron chi connectivity index (χ1n) is 9.73. The topological polar surface area (TPSA) is 57.6 Å². The molecule has 152 valence electrons. The van der Waals surface area contributed by atoms with E-state index in [1.165, 1.54) is 11.1 Å². The third-order valence-corrected chi connectivity index (χ3v) is 6.99. The van der Waals surface area contributed by atoms with Crippen LogP contribution in [0.15, 0.2) is 58.3 Å². The minimum Gasteiger partial charge on any atom is -0.344 e. The van der Waals surface area contributed by atoms with Crippen molar-refractivity contribution >= 4 is 27.4 Å². The first-order chi connectivity index (χ1) is 13.1. The van der Waals surface area contributed by atoms with Crippen LogP contribution in [0.1, 0.15) is 52.0 Å².